The van der Waals surface area contributed by atoms with Gasteiger partial charge in [0, 0.05) is 12.0 Å². The average Bonchev–Trinajstić information content (AvgIpc) is 2.38. The van der Waals surface area contributed by atoms with Crippen LogP contribution in [0.25, 0.3) is 0 Å². The number of hydrogen-bond donors (Lipinski definition) is 2. The van der Waals surface area contributed by atoms with E-state index in [1.54, 1.807) is 0 Å². The molecule has 1 fully saturated rings. The van der Waals surface area contributed by atoms with Gasteiger partial charge in [0.25, 0.3) is 0 Å². The second kappa shape index (κ2) is 5.68. The Kier molecular flexibility index (Phi) is 4.15. The van der Waals surface area contributed by atoms with E-state index in [9.17, 15) is 18.0 Å². The largest absolute Gasteiger partial charge is 0.433 e. The summed E-state index contributed by atoms with van der Waals surface area (Å²) < 4.78 is 37.6. The Balaban J connectivity index is 1.96. The van der Waals surface area contributed by atoms with Crippen molar-refractivity contribution in [2.45, 2.75) is 37.9 Å². The lowest BCUT2D eigenvalue weighted by Gasteiger charge is -2.27. The van der Waals surface area contributed by atoms with Crippen molar-refractivity contribution < 1.29 is 18.0 Å². The number of carbonyl (C=O) groups is 1. The quantitative estimate of drug-likeness (QED) is 0.897. The van der Waals surface area contributed by atoms with Crippen molar-refractivity contribution >= 4 is 11.7 Å². The van der Waals surface area contributed by atoms with Gasteiger partial charge in [-0.3, -0.25) is 4.79 Å². The Morgan fingerprint density at radius 1 is 1.25 bits per heavy atom. The fourth-order valence-electron chi connectivity index (χ4n) is 2.40. The van der Waals surface area contributed by atoms with Crippen LogP contribution in [0.15, 0.2) is 18.2 Å². The molecule has 1 aliphatic carbocycles. The molecular weight excluding hydrogens is 271 g/mol. The number of nitrogens with one attached hydrogen (secondary N) is 1. The number of rotatable bonds is 3. The van der Waals surface area contributed by atoms with Crippen LogP contribution in [0, 0.1) is 5.92 Å². The lowest BCUT2D eigenvalue weighted by molar-refractivity contribution is -0.141. The molecular formula is C13H16F3N3O. The number of hydrogen-bond acceptors (Lipinski definition) is 3. The number of primary amides is 1. The third kappa shape index (κ3) is 3.61. The van der Waals surface area contributed by atoms with Crippen molar-refractivity contribution in [2.75, 3.05) is 5.32 Å². The van der Waals surface area contributed by atoms with E-state index in [1.807, 2.05) is 0 Å². The van der Waals surface area contributed by atoms with E-state index >= 15 is 0 Å². The smallest absolute Gasteiger partial charge is 0.369 e. The highest BCUT2D eigenvalue weighted by atomic mass is 19.4. The number of halogens is 3. The second-order valence-electron chi connectivity index (χ2n) is 5.00. The summed E-state index contributed by atoms with van der Waals surface area (Å²) in [4.78, 5) is 14.6. The van der Waals surface area contributed by atoms with Gasteiger partial charge in [-0.2, -0.15) is 13.2 Å². The molecule has 110 valence electrons. The van der Waals surface area contributed by atoms with E-state index in [0.717, 1.165) is 6.07 Å². The molecule has 0 atom stereocenters. The summed E-state index contributed by atoms with van der Waals surface area (Å²) in [5.74, 6) is -0.217. The molecule has 0 spiro atoms. The number of alkyl halides is 3. The first kappa shape index (κ1) is 14.6. The Hall–Kier alpha value is -1.79. The van der Waals surface area contributed by atoms with Crippen molar-refractivity contribution in [3.63, 3.8) is 0 Å². The number of aromatic nitrogens is 1. The number of amides is 1. The summed E-state index contributed by atoms with van der Waals surface area (Å²) in [6, 6.07) is 3.80. The Morgan fingerprint density at radius 3 is 2.45 bits per heavy atom. The maximum atomic E-state index is 12.5. The van der Waals surface area contributed by atoms with Gasteiger partial charge in [0.05, 0.1) is 0 Å². The second-order valence-corrected chi connectivity index (χ2v) is 5.00. The van der Waals surface area contributed by atoms with Crippen molar-refractivity contribution in [3.8, 4) is 0 Å². The molecule has 20 heavy (non-hydrogen) atoms. The normalized spacial score (nSPS) is 23.4. The first-order valence-electron chi connectivity index (χ1n) is 6.46. The summed E-state index contributed by atoms with van der Waals surface area (Å²) in [5.41, 5.74) is 4.33. The van der Waals surface area contributed by atoms with Crippen LogP contribution in [0.3, 0.4) is 0 Å². The number of pyridine rings is 1. The molecule has 4 nitrogen and oxygen atoms in total. The van der Waals surface area contributed by atoms with Gasteiger partial charge in [-0.25, -0.2) is 4.98 Å². The number of nitrogens with zero attached hydrogens (tertiary/aromatic N) is 1. The maximum absolute atomic E-state index is 12.5. The van der Waals surface area contributed by atoms with Crippen LogP contribution in [0.4, 0.5) is 19.0 Å². The zero-order valence-corrected chi connectivity index (χ0v) is 10.8. The van der Waals surface area contributed by atoms with Crippen LogP contribution >= 0.6 is 0 Å². The molecule has 0 bridgehead atoms. The fraction of sp³-hybridized carbons (Fsp3) is 0.538. The minimum absolute atomic E-state index is 0.0292. The highest BCUT2D eigenvalue weighted by Gasteiger charge is 2.32. The lowest BCUT2D eigenvalue weighted by atomic mass is 9.85. The van der Waals surface area contributed by atoms with E-state index < -0.39 is 11.9 Å². The van der Waals surface area contributed by atoms with Gasteiger partial charge >= 0.3 is 6.18 Å². The summed E-state index contributed by atoms with van der Waals surface area (Å²) in [7, 11) is 0. The lowest BCUT2D eigenvalue weighted by Crippen LogP contribution is -2.32. The van der Waals surface area contributed by atoms with Crippen LogP contribution in [-0.2, 0) is 11.0 Å². The molecule has 1 aromatic rings. The van der Waals surface area contributed by atoms with Gasteiger partial charge in [-0.15, -0.1) is 0 Å². The van der Waals surface area contributed by atoms with E-state index in [-0.39, 0.29) is 23.7 Å². The highest BCUT2D eigenvalue weighted by Crippen LogP contribution is 2.29. The minimum Gasteiger partial charge on any atom is -0.369 e. The number of anilines is 1. The molecule has 2 rings (SSSR count). The molecule has 1 saturated carbocycles. The number of carbonyl (C=O) groups excluding carboxylic acids is 1. The van der Waals surface area contributed by atoms with Crippen molar-refractivity contribution in [3.05, 3.63) is 23.9 Å². The van der Waals surface area contributed by atoms with Crippen molar-refractivity contribution in [2.24, 2.45) is 11.7 Å². The predicted octanol–water partition coefficient (Wildman–Crippen LogP) is 2.56. The van der Waals surface area contributed by atoms with E-state index in [1.165, 1.54) is 12.1 Å². The van der Waals surface area contributed by atoms with Gasteiger partial charge < -0.3 is 11.1 Å². The van der Waals surface area contributed by atoms with Gasteiger partial charge in [0.2, 0.25) is 5.91 Å². The standard InChI is InChI=1S/C13H16F3N3O/c14-13(15,16)10-2-1-3-11(19-10)18-9-6-4-8(5-7-9)12(17)20/h1-3,8-9H,4-7H2,(H2,17,20)(H,18,19). The predicted molar refractivity (Wildman–Crippen MR) is 67.8 cm³/mol. The monoisotopic (exact) mass is 287 g/mol. The van der Waals surface area contributed by atoms with E-state index in [4.69, 9.17) is 5.73 Å². The zero-order chi connectivity index (χ0) is 14.8. The molecule has 0 unspecified atom stereocenters. The molecule has 1 aromatic heterocycles. The SMILES string of the molecule is NC(=O)C1CCC(Nc2cccc(C(F)(F)F)n2)CC1. The molecule has 7 heteroatoms. The summed E-state index contributed by atoms with van der Waals surface area (Å²) in [6.07, 6.45) is -1.73. The van der Waals surface area contributed by atoms with Crippen molar-refractivity contribution in [1.82, 2.24) is 4.98 Å². The zero-order valence-electron chi connectivity index (χ0n) is 10.8. The van der Waals surface area contributed by atoms with E-state index in [0.29, 0.717) is 25.7 Å². The highest BCUT2D eigenvalue weighted by molar-refractivity contribution is 5.76. The maximum Gasteiger partial charge on any atom is 0.433 e. The first-order chi connectivity index (χ1) is 9.36. The molecule has 3 N–H and O–H groups in total. The summed E-state index contributed by atoms with van der Waals surface area (Å²) >= 11 is 0. The Bertz CT molecular complexity index is 482. The molecule has 0 aliphatic heterocycles. The van der Waals surface area contributed by atoms with Gasteiger partial charge in [-0.05, 0) is 37.8 Å². The first-order valence-corrected chi connectivity index (χ1v) is 6.46. The fourth-order valence-corrected chi connectivity index (χ4v) is 2.40. The Labute approximate surface area is 114 Å². The Morgan fingerprint density at radius 2 is 1.90 bits per heavy atom. The topological polar surface area (TPSA) is 68.0 Å². The molecule has 0 radical (unpaired) electrons. The average molecular weight is 287 g/mol. The van der Waals surface area contributed by atoms with Gasteiger partial charge in [0.1, 0.15) is 11.5 Å². The van der Waals surface area contributed by atoms with Gasteiger partial charge in [0.15, 0.2) is 0 Å². The van der Waals surface area contributed by atoms with Crippen LogP contribution < -0.4 is 11.1 Å². The third-order valence-electron chi connectivity index (χ3n) is 3.52. The number of nitrogens with two attached hydrogens (primary N) is 1. The molecule has 1 amide bonds. The summed E-state index contributed by atoms with van der Waals surface area (Å²) in [5, 5.41) is 2.99. The molecule has 0 saturated heterocycles. The molecule has 1 heterocycles. The minimum atomic E-state index is -4.44. The molecule has 0 aromatic carbocycles. The van der Waals surface area contributed by atoms with Gasteiger partial charge in [-0.1, -0.05) is 6.07 Å². The molecule has 1 aliphatic rings. The van der Waals surface area contributed by atoms with Crippen LogP contribution in [-0.4, -0.2) is 16.9 Å². The summed E-state index contributed by atoms with van der Waals surface area (Å²) in [6.45, 7) is 0. The third-order valence-corrected chi connectivity index (χ3v) is 3.52. The van der Waals surface area contributed by atoms with E-state index in [2.05, 4.69) is 10.3 Å². The van der Waals surface area contributed by atoms with Crippen LogP contribution in [0.5, 0.6) is 0 Å². The van der Waals surface area contributed by atoms with Crippen LogP contribution in [0.2, 0.25) is 0 Å². The van der Waals surface area contributed by atoms with Crippen molar-refractivity contribution in [1.29, 1.82) is 0 Å². The van der Waals surface area contributed by atoms with Crippen LogP contribution in [0.1, 0.15) is 31.4 Å².